The number of rotatable bonds is 3. The third-order valence-electron chi connectivity index (χ3n) is 3.01. The molecule has 0 bridgehead atoms. The molecule has 0 saturated carbocycles. The molecule has 96 valence electrons. The highest BCUT2D eigenvalue weighted by Gasteiger charge is 2.33. The lowest BCUT2D eigenvalue weighted by atomic mass is 10.0. The lowest BCUT2D eigenvalue weighted by molar-refractivity contribution is -0.142. The van der Waals surface area contributed by atoms with Crippen molar-refractivity contribution in [2.24, 2.45) is 0 Å². The Morgan fingerprint density at radius 2 is 2.18 bits per heavy atom. The van der Waals surface area contributed by atoms with Crippen LogP contribution in [0.5, 0.6) is 0 Å². The van der Waals surface area contributed by atoms with E-state index in [0.29, 0.717) is 13.0 Å². The Bertz CT molecular complexity index is 329. The quantitative estimate of drug-likeness (QED) is 0.772. The molecule has 6 heteroatoms. The Labute approximate surface area is 100 Å². The van der Waals surface area contributed by atoms with Crippen LogP contribution in [0, 0.1) is 0 Å². The van der Waals surface area contributed by atoms with Gasteiger partial charge in [0.05, 0.1) is 13.2 Å². The molecule has 2 atom stereocenters. The highest BCUT2D eigenvalue weighted by Crippen LogP contribution is 2.15. The van der Waals surface area contributed by atoms with E-state index in [1.165, 1.54) is 18.9 Å². The molecule has 1 saturated heterocycles. The van der Waals surface area contributed by atoms with E-state index in [1.54, 1.807) is 6.92 Å². The van der Waals surface area contributed by atoms with Crippen LogP contribution in [0.2, 0.25) is 0 Å². The smallest absolute Gasteiger partial charge is 0.407 e. The number of hydrogen-bond donors (Lipinski definition) is 1. The Kier molecular flexibility index (Phi) is 4.48. The number of ether oxygens (including phenoxy) is 1. The summed E-state index contributed by atoms with van der Waals surface area (Å²) in [6, 6.07) is -1.03. The van der Waals surface area contributed by atoms with Gasteiger partial charge in [-0.3, -0.25) is 9.59 Å². The lowest BCUT2D eigenvalue weighted by Gasteiger charge is -2.35. The maximum atomic E-state index is 12.0. The van der Waals surface area contributed by atoms with Gasteiger partial charge in [0.2, 0.25) is 5.91 Å². The van der Waals surface area contributed by atoms with Crippen LogP contribution < -0.4 is 5.32 Å². The fourth-order valence-corrected chi connectivity index (χ4v) is 1.84. The van der Waals surface area contributed by atoms with Crippen molar-refractivity contribution in [2.75, 3.05) is 13.7 Å². The molecule has 1 heterocycles. The number of ketones is 1. The number of nitrogens with one attached hydrogen (secondary N) is 1. The van der Waals surface area contributed by atoms with E-state index in [0.717, 1.165) is 6.42 Å². The molecule has 0 aromatic carbocycles. The largest absolute Gasteiger partial charge is 0.453 e. The molecule has 1 aliphatic heterocycles. The maximum Gasteiger partial charge on any atom is 0.407 e. The van der Waals surface area contributed by atoms with Crippen LogP contribution in [0.15, 0.2) is 0 Å². The van der Waals surface area contributed by atoms with Crippen LogP contribution in [0.25, 0.3) is 0 Å². The summed E-state index contributed by atoms with van der Waals surface area (Å²) in [5.41, 5.74) is 0. The summed E-state index contributed by atoms with van der Waals surface area (Å²) < 4.78 is 4.46. The Balaban J connectivity index is 2.68. The molecule has 1 aliphatic rings. The van der Waals surface area contributed by atoms with E-state index in [1.807, 2.05) is 0 Å². The molecule has 1 N–H and O–H groups in total. The minimum atomic E-state index is -0.624. The summed E-state index contributed by atoms with van der Waals surface area (Å²) in [5, 5.41) is 2.48. The molecule has 1 rings (SSSR count). The minimum absolute atomic E-state index is 0.0583. The highest BCUT2D eigenvalue weighted by atomic mass is 16.5. The Hall–Kier alpha value is -1.59. The van der Waals surface area contributed by atoms with E-state index in [2.05, 4.69) is 10.1 Å². The van der Waals surface area contributed by atoms with Crippen LogP contribution >= 0.6 is 0 Å². The number of piperidine rings is 1. The van der Waals surface area contributed by atoms with E-state index >= 15 is 0 Å². The second kappa shape index (κ2) is 5.65. The molecule has 0 aromatic rings. The number of likely N-dealkylation sites (tertiary alicyclic amines) is 1. The number of carbonyl (C=O) groups is 3. The van der Waals surface area contributed by atoms with Crippen molar-refractivity contribution in [3.63, 3.8) is 0 Å². The number of carbonyl (C=O) groups excluding carboxylic acids is 3. The zero-order valence-electron chi connectivity index (χ0n) is 10.4. The third kappa shape index (κ3) is 3.18. The first-order valence-electron chi connectivity index (χ1n) is 5.62. The van der Waals surface area contributed by atoms with Gasteiger partial charge >= 0.3 is 6.09 Å². The number of hydrogen-bond acceptors (Lipinski definition) is 4. The first-order chi connectivity index (χ1) is 7.97. The molecule has 0 aliphatic carbocycles. The molecule has 17 heavy (non-hydrogen) atoms. The summed E-state index contributed by atoms with van der Waals surface area (Å²) in [6.07, 6.45) is 0.716. The summed E-state index contributed by atoms with van der Waals surface area (Å²) in [4.78, 5) is 35.9. The summed E-state index contributed by atoms with van der Waals surface area (Å²) in [5.74, 6) is -0.276. The minimum Gasteiger partial charge on any atom is -0.453 e. The maximum absolute atomic E-state index is 12.0. The first-order valence-corrected chi connectivity index (χ1v) is 5.62. The number of methoxy groups -OCH3 is 1. The topological polar surface area (TPSA) is 75.7 Å². The van der Waals surface area contributed by atoms with Crippen molar-refractivity contribution in [2.45, 2.75) is 38.8 Å². The zero-order valence-corrected chi connectivity index (χ0v) is 10.4. The van der Waals surface area contributed by atoms with Crippen LogP contribution in [0.3, 0.4) is 0 Å². The van der Waals surface area contributed by atoms with Crippen molar-refractivity contribution in [3.05, 3.63) is 0 Å². The van der Waals surface area contributed by atoms with Crippen molar-refractivity contribution in [3.8, 4) is 0 Å². The van der Waals surface area contributed by atoms with Gasteiger partial charge in [-0.1, -0.05) is 0 Å². The van der Waals surface area contributed by atoms with Gasteiger partial charge in [-0.25, -0.2) is 4.79 Å². The van der Waals surface area contributed by atoms with Gasteiger partial charge in [0, 0.05) is 6.54 Å². The summed E-state index contributed by atoms with van der Waals surface area (Å²) in [7, 11) is 1.25. The summed E-state index contributed by atoms with van der Waals surface area (Å²) in [6.45, 7) is 3.70. The average Bonchev–Trinajstić information content (AvgIpc) is 2.30. The summed E-state index contributed by atoms with van der Waals surface area (Å²) >= 11 is 0. The average molecular weight is 242 g/mol. The molecule has 0 aromatic heterocycles. The SMILES string of the molecule is COC(=O)N[C@@H]1CCCN([C@@H](C)C(C)=O)C1=O. The Morgan fingerprint density at radius 3 is 2.71 bits per heavy atom. The van der Waals surface area contributed by atoms with Gasteiger partial charge in [0.25, 0.3) is 0 Å². The molecule has 2 amide bonds. The molecular formula is C11H18N2O4. The number of amides is 2. The van der Waals surface area contributed by atoms with Gasteiger partial charge in [0.1, 0.15) is 6.04 Å². The van der Waals surface area contributed by atoms with Crippen molar-refractivity contribution in [1.29, 1.82) is 0 Å². The lowest BCUT2D eigenvalue weighted by Crippen LogP contribution is -2.56. The molecule has 0 radical (unpaired) electrons. The van der Waals surface area contributed by atoms with E-state index in [4.69, 9.17) is 0 Å². The fraction of sp³-hybridized carbons (Fsp3) is 0.727. The van der Waals surface area contributed by atoms with Crippen LogP contribution in [0.1, 0.15) is 26.7 Å². The van der Waals surface area contributed by atoms with Crippen LogP contribution in [-0.4, -0.2) is 48.4 Å². The van der Waals surface area contributed by atoms with Crippen molar-refractivity contribution >= 4 is 17.8 Å². The van der Waals surface area contributed by atoms with Gasteiger partial charge in [-0.05, 0) is 26.7 Å². The standard InChI is InChI=1S/C11H18N2O4/c1-7(8(2)14)13-6-4-5-9(10(13)15)12-11(16)17-3/h7,9H,4-6H2,1-3H3,(H,12,16)/t7-,9+/m0/s1. The molecule has 6 nitrogen and oxygen atoms in total. The monoisotopic (exact) mass is 242 g/mol. The predicted octanol–water partition coefficient (Wildman–Crippen LogP) is 0.311. The third-order valence-corrected chi connectivity index (χ3v) is 3.01. The van der Waals surface area contributed by atoms with E-state index < -0.39 is 18.2 Å². The van der Waals surface area contributed by atoms with Gasteiger partial charge in [-0.15, -0.1) is 0 Å². The molecule has 1 fully saturated rings. The zero-order chi connectivity index (χ0) is 13.0. The van der Waals surface area contributed by atoms with E-state index in [-0.39, 0.29) is 11.7 Å². The van der Waals surface area contributed by atoms with Crippen molar-refractivity contribution < 1.29 is 19.1 Å². The number of alkyl carbamates (subject to hydrolysis) is 1. The van der Waals surface area contributed by atoms with E-state index in [9.17, 15) is 14.4 Å². The second-order valence-electron chi connectivity index (χ2n) is 4.15. The highest BCUT2D eigenvalue weighted by molar-refractivity contribution is 5.91. The second-order valence-corrected chi connectivity index (χ2v) is 4.15. The normalized spacial score (nSPS) is 21.9. The molecule has 0 spiro atoms. The number of Topliss-reactive ketones (excluding diaryl/α,β-unsaturated/α-hetero) is 1. The van der Waals surface area contributed by atoms with Crippen molar-refractivity contribution in [1.82, 2.24) is 10.2 Å². The van der Waals surface area contributed by atoms with Crippen LogP contribution in [0.4, 0.5) is 4.79 Å². The first kappa shape index (κ1) is 13.5. The van der Waals surface area contributed by atoms with Gasteiger partial charge < -0.3 is 15.0 Å². The number of nitrogens with zero attached hydrogens (tertiary/aromatic N) is 1. The van der Waals surface area contributed by atoms with Gasteiger partial charge in [0.15, 0.2) is 5.78 Å². The van der Waals surface area contributed by atoms with Gasteiger partial charge in [-0.2, -0.15) is 0 Å². The predicted molar refractivity (Wildman–Crippen MR) is 60.4 cm³/mol. The Morgan fingerprint density at radius 1 is 1.53 bits per heavy atom. The molecule has 0 unspecified atom stereocenters. The molecular weight excluding hydrogens is 224 g/mol. The fourth-order valence-electron chi connectivity index (χ4n) is 1.84. The van der Waals surface area contributed by atoms with Crippen LogP contribution in [-0.2, 0) is 14.3 Å².